The van der Waals surface area contributed by atoms with Crippen LogP contribution in [0.4, 0.5) is 13.2 Å². The Morgan fingerprint density at radius 3 is 2.33 bits per heavy atom. The number of carbonyl (C=O) groups is 1. The molecule has 72 valence electrons. The maximum atomic E-state index is 11.7. The Balaban J connectivity index is 3.74. The third-order valence-electron chi connectivity index (χ3n) is 1.27. The number of hydrogen-bond acceptors (Lipinski definition) is 1. The summed E-state index contributed by atoms with van der Waals surface area (Å²) in [5.41, 5.74) is 0. The van der Waals surface area contributed by atoms with Gasteiger partial charge in [0.15, 0.2) is 0 Å². The third-order valence-corrected chi connectivity index (χ3v) is 1.27. The molecule has 0 fully saturated rings. The summed E-state index contributed by atoms with van der Waals surface area (Å²) in [5.74, 6) is -0.355. The van der Waals surface area contributed by atoms with Crippen LogP contribution in [0.3, 0.4) is 0 Å². The predicted octanol–water partition coefficient (Wildman–Crippen LogP) is 1.85. The lowest BCUT2D eigenvalue weighted by Crippen LogP contribution is -2.35. The zero-order valence-corrected chi connectivity index (χ0v) is 7.03. The van der Waals surface area contributed by atoms with Crippen molar-refractivity contribution in [1.82, 2.24) is 5.32 Å². The third kappa shape index (κ3) is 6.00. The number of nitrogens with one attached hydrogen (secondary N) is 1. The van der Waals surface area contributed by atoms with Gasteiger partial charge in [-0.1, -0.05) is 6.92 Å². The highest BCUT2D eigenvalue weighted by Crippen LogP contribution is 2.21. The fraction of sp³-hybridized carbons (Fsp3) is 0.857. The lowest BCUT2D eigenvalue weighted by molar-refractivity contribution is -0.141. The molecule has 0 saturated heterocycles. The van der Waals surface area contributed by atoms with Crippen LogP contribution in [0.5, 0.6) is 0 Å². The summed E-state index contributed by atoms with van der Waals surface area (Å²) in [4.78, 5) is 10.6. The number of halogens is 3. The predicted molar refractivity (Wildman–Crippen MR) is 38.6 cm³/mol. The Morgan fingerprint density at radius 2 is 2.00 bits per heavy atom. The largest absolute Gasteiger partial charge is 0.391 e. The molecular weight excluding hydrogens is 171 g/mol. The number of hydrogen-bond donors (Lipinski definition) is 1. The van der Waals surface area contributed by atoms with E-state index in [9.17, 15) is 18.0 Å². The van der Waals surface area contributed by atoms with E-state index in [1.165, 1.54) is 6.92 Å². The second-order valence-electron chi connectivity index (χ2n) is 2.64. The number of carbonyl (C=O) groups excluding carboxylic acids is 1. The Bertz CT molecular complexity index is 155. The van der Waals surface area contributed by atoms with Gasteiger partial charge in [0, 0.05) is 12.5 Å². The molecule has 0 aromatic heterocycles. The number of alkyl halides is 3. The lowest BCUT2D eigenvalue weighted by Gasteiger charge is -2.14. The second kappa shape index (κ2) is 4.33. The molecule has 0 heterocycles. The summed E-state index contributed by atoms with van der Waals surface area (Å²) < 4.78 is 35.1. The van der Waals surface area contributed by atoms with Gasteiger partial charge in [-0.15, -0.1) is 0 Å². The van der Waals surface area contributed by atoms with E-state index in [4.69, 9.17) is 0 Å². The van der Waals surface area contributed by atoms with Crippen LogP contribution in [-0.2, 0) is 4.79 Å². The molecule has 0 aromatic carbocycles. The molecule has 0 aliphatic heterocycles. The smallest absolute Gasteiger partial charge is 0.353 e. The quantitative estimate of drug-likeness (QED) is 0.710. The summed E-state index contributed by atoms with van der Waals surface area (Å²) in [6, 6.07) is -0.836. The zero-order valence-electron chi connectivity index (χ0n) is 7.03. The van der Waals surface area contributed by atoms with Gasteiger partial charge in [-0.25, -0.2) is 0 Å². The van der Waals surface area contributed by atoms with Crippen LogP contribution in [0.2, 0.25) is 0 Å². The van der Waals surface area contributed by atoms with E-state index in [-0.39, 0.29) is 12.3 Å². The minimum atomic E-state index is -4.21. The molecule has 0 rings (SSSR count). The van der Waals surface area contributed by atoms with E-state index in [0.717, 1.165) is 0 Å². The van der Waals surface area contributed by atoms with Crippen molar-refractivity contribution < 1.29 is 18.0 Å². The zero-order chi connectivity index (χ0) is 9.78. The van der Waals surface area contributed by atoms with Crippen LogP contribution in [0.1, 0.15) is 26.7 Å². The topological polar surface area (TPSA) is 29.1 Å². The van der Waals surface area contributed by atoms with E-state index in [0.29, 0.717) is 0 Å². The molecule has 0 aliphatic rings. The summed E-state index contributed by atoms with van der Waals surface area (Å²) >= 11 is 0. The molecule has 1 N–H and O–H groups in total. The van der Waals surface area contributed by atoms with Gasteiger partial charge in [0.1, 0.15) is 0 Å². The van der Waals surface area contributed by atoms with Crippen LogP contribution in [0.15, 0.2) is 0 Å². The van der Waals surface area contributed by atoms with Gasteiger partial charge >= 0.3 is 6.18 Å². The van der Waals surface area contributed by atoms with Gasteiger partial charge in [0.2, 0.25) is 5.91 Å². The van der Waals surface area contributed by atoms with E-state index >= 15 is 0 Å². The fourth-order valence-electron chi connectivity index (χ4n) is 0.775. The van der Waals surface area contributed by atoms with Crippen LogP contribution in [0, 0.1) is 0 Å². The molecule has 0 aliphatic carbocycles. The second-order valence-corrected chi connectivity index (χ2v) is 2.64. The maximum absolute atomic E-state index is 11.7. The summed E-state index contributed by atoms with van der Waals surface area (Å²) in [7, 11) is 0. The molecule has 0 bridgehead atoms. The van der Waals surface area contributed by atoms with Crippen LogP contribution >= 0.6 is 0 Å². The molecule has 0 saturated carbocycles. The van der Waals surface area contributed by atoms with Crippen LogP contribution in [0.25, 0.3) is 0 Å². The van der Waals surface area contributed by atoms with Crippen LogP contribution < -0.4 is 5.32 Å². The first-order chi connectivity index (χ1) is 5.35. The normalized spacial score (nSPS) is 14.1. The molecule has 0 radical (unpaired) electrons. The van der Waals surface area contributed by atoms with Crippen molar-refractivity contribution in [2.24, 2.45) is 0 Å². The monoisotopic (exact) mass is 183 g/mol. The van der Waals surface area contributed by atoms with E-state index in [2.05, 4.69) is 5.32 Å². The van der Waals surface area contributed by atoms with Gasteiger partial charge in [-0.3, -0.25) is 4.79 Å². The van der Waals surface area contributed by atoms with Crippen molar-refractivity contribution >= 4 is 5.91 Å². The molecule has 2 nitrogen and oxygen atoms in total. The molecule has 5 heteroatoms. The number of rotatable bonds is 3. The average molecular weight is 183 g/mol. The first-order valence-electron chi connectivity index (χ1n) is 3.71. The summed E-state index contributed by atoms with van der Waals surface area (Å²) in [6.07, 6.45) is -4.97. The standard InChI is InChI=1S/C7H12F3NO/c1-3-6(12)11-5(2)4-7(8,9)10/h5H,3-4H2,1-2H3,(H,11,12). The van der Waals surface area contributed by atoms with Crippen LogP contribution in [-0.4, -0.2) is 18.1 Å². The first-order valence-corrected chi connectivity index (χ1v) is 3.71. The van der Waals surface area contributed by atoms with Crippen molar-refractivity contribution in [3.8, 4) is 0 Å². The Labute approximate surface area is 69.1 Å². The minimum Gasteiger partial charge on any atom is -0.353 e. The van der Waals surface area contributed by atoms with Crippen molar-refractivity contribution in [1.29, 1.82) is 0 Å². The Morgan fingerprint density at radius 1 is 1.50 bits per heavy atom. The highest BCUT2D eigenvalue weighted by molar-refractivity contribution is 5.75. The molecule has 12 heavy (non-hydrogen) atoms. The molecular formula is C7H12F3NO. The van der Waals surface area contributed by atoms with Gasteiger partial charge in [-0.05, 0) is 6.92 Å². The summed E-state index contributed by atoms with van der Waals surface area (Å²) in [5, 5.41) is 2.23. The SMILES string of the molecule is CCC(=O)NC(C)CC(F)(F)F. The molecule has 0 aromatic rings. The van der Waals surface area contributed by atoms with E-state index in [1.54, 1.807) is 6.92 Å². The van der Waals surface area contributed by atoms with Crippen molar-refractivity contribution in [3.05, 3.63) is 0 Å². The highest BCUT2D eigenvalue weighted by atomic mass is 19.4. The first kappa shape index (κ1) is 11.3. The van der Waals surface area contributed by atoms with Crippen molar-refractivity contribution in [3.63, 3.8) is 0 Å². The van der Waals surface area contributed by atoms with Gasteiger partial charge in [-0.2, -0.15) is 13.2 Å². The highest BCUT2D eigenvalue weighted by Gasteiger charge is 2.30. The molecule has 1 atom stereocenters. The van der Waals surface area contributed by atoms with Crippen molar-refractivity contribution in [2.45, 2.75) is 38.9 Å². The van der Waals surface area contributed by atoms with Gasteiger partial charge < -0.3 is 5.32 Å². The minimum absolute atomic E-state index is 0.211. The van der Waals surface area contributed by atoms with E-state index < -0.39 is 18.6 Å². The average Bonchev–Trinajstić information content (AvgIpc) is 1.82. The molecule has 1 amide bonds. The fourth-order valence-corrected chi connectivity index (χ4v) is 0.775. The van der Waals surface area contributed by atoms with Gasteiger partial charge in [0.25, 0.3) is 0 Å². The Kier molecular flexibility index (Phi) is 4.06. The maximum Gasteiger partial charge on any atom is 0.391 e. The van der Waals surface area contributed by atoms with Gasteiger partial charge in [0.05, 0.1) is 6.42 Å². The molecule has 0 spiro atoms. The number of amides is 1. The Hall–Kier alpha value is -0.740. The van der Waals surface area contributed by atoms with E-state index in [1.807, 2.05) is 0 Å². The van der Waals surface area contributed by atoms with Crippen molar-refractivity contribution in [2.75, 3.05) is 0 Å². The lowest BCUT2D eigenvalue weighted by atomic mass is 10.2. The summed E-state index contributed by atoms with van der Waals surface area (Å²) in [6.45, 7) is 2.93. The molecule has 1 unspecified atom stereocenters.